The van der Waals surface area contributed by atoms with Crippen LogP contribution in [0.3, 0.4) is 0 Å². The van der Waals surface area contributed by atoms with E-state index >= 15 is 0 Å². The topological polar surface area (TPSA) is 59.8 Å². The highest BCUT2D eigenvalue weighted by Crippen LogP contribution is 2.24. The number of hydrogen-bond donors (Lipinski definition) is 0. The van der Waals surface area contributed by atoms with Gasteiger partial charge in [-0.25, -0.2) is 0 Å². The summed E-state index contributed by atoms with van der Waals surface area (Å²) in [7, 11) is 0. The second-order valence-electron chi connectivity index (χ2n) is 6.08. The summed E-state index contributed by atoms with van der Waals surface area (Å²) in [5, 5.41) is 0. The number of carbonyl (C=O) groups is 2. The maximum atomic E-state index is 12.1. The Morgan fingerprint density at radius 2 is 2.24 bits per heavy atom. The van der Waals surface area contributed by atoms with E-state index in [-0.39, 0.29) is 18.2 Å². The van der Waals surface area contributed by atoms with E-state index < -0.39 is 11.6 Å². The SMILES string of the molecule is CCN1CC(C)(C)OC(=O)C1CC(=O)CCc1ccco1. The van der Waals surface area contributed by atoms with Gasteiger partial charge in [0.1, 0.15) is 23.2 Å². The molecule has 1 unspecified atom stereocenters. The van der Waals surface area contributed by atoms with Crippen molar-refractivity contribution in [2.75, 3.05) is 13.1 Å². The highest BCUT2D eigenvalue weighted by Gasteiger charge is 2.40. The predicted octanol–water partition coefficient (Wildman–Crippen LogP) is 2.20. The summed E-state index contributed by atoms with van der Waals surface area (Å²) in [6, 6.07) is 3.20. The van der Waals surface area contributed by atoms with Crippen LogP contribution in [-0.4, -0.2) is 41.4 Å². The van der Waals surface area contributed by atoms with Gasteiger partial charge in [-0.1, -0.05) is 6.92 Å². The number of hydrogen-bond acceptors (Lipinski definition) is 5. The van der Waals surface area contributed by atoms with Crippen LogP contribution >= 0.6 is 0 Å². The Kier molecular flexibility index (Phi) is 4.83. The molecule has 21 heavy (non-hydrogen) atoms. The van der Waals surface area contributed by atoms with E-state index in [0.717, 1.165) is 12.3 Å². The van der Waals surface area contributed by atoms with Crippen LogP contribution in [0.25, 0.3) is 0 Å². The first-order valence-electron chi connectivity index (χ1n) is 7.42. The van der Waals surface area contributed by atoms with E-state index in [2.05, 4.69) is 0 Å². The molecule has 1 fully saturated rings. The number of esters is 1. The van der Waals surface area contributed by atoms with Gasteiger partial charge in [0.15, 0.2) is 0 Å². The molecule has 5 heteroatoms. The van der Waals surface area contributed by atoms with Gasteiger partial charge in [-0.2, -0.15) is 0 Å². The van der Waals surface area contributed by atoms with Gasteiger partial charge in [0.2, 0.25) is 0 Å². The van der Waals surface area contributed by atoms with Crippen LogP contribution in [0.5, 0.6) is 0 Å². The molecule has 1 atom stereocenters. The monoisotopic (exact) mass is 293 g/mol. The zero-order chi connectivity index (χ0) is 15.5. The van der Waals surface area contributed by atoms with E-state index in [9.17, 15) is 9.59 Å². The molecule has 0 saturated carbocycles. The Morgan fingerprint density at radius 1 is 1.48 bits per heavy atom. The number of nitrogens with zero attached hydrogens (tertiary/aromatic N) is 1. The molecule has 0 N–H and O–H groups in total. The van der Waals surface area contributed by atoms with Crippen LogP contribution in [0.1, 0.15) is 39.4 Å². The van der Waals surface area contributed by atoms with Crippen molar-refractivity contribution in [2.45, 2.75) is 51.7 Å². The van der Waals surface area contributed by atoms with E-state index in [4.69, 9.17) is 9.15 Å². The predicted molar refractivity (Wildman–Crippen MR) is 77.9 cm³/mol. The van der Waals surface area contributed by atoms with Crippen LogP contribution in [0.4, 0.5) is 0 Å². The van der Waals surface area contributed by atoms with Gasteiger partial charge >= 0.3 is 5.97 Å². The molecule has 1 aromatic heterocycles. The summed E-state index contributed by atoms with van der Waals surface area (Å²) in [5.74, 6) is 0.564. The Labute approximate surface area is 125 Å². The first-order valence-corrected chi connectivity index (χ1v) is 7.42. The Morgan fingerprint density at radius 3 is 2.86 bits per heavy atom. The van der Waals surface area contributed by atoms with Gasteiger partial charge in [0.05, 0.1) is 6.26 Å². The number of likely N-dealkylation sites (N-methyl/N-ethyl adjacent to an activating group) is 1. The number of morpholine rings is 1. The van der Waals surface area contributed by atoms with Crippen molar-refractivity contribution in [1.82, 2.24) is 4.90 Å². The Hall–Kier alpha value is -1.62. The molecule has 2 heterocycles. The molecule has 0 amide bonds. The molecular weight excluding hydrogens is 270 g/mol. The third kappa shape index (κ3) is 4.17. The van der Waals surface area contributed by atoms with Gasteiger partial charge in [0.25, 0.3) is 0 Å². The van der Waals surface area contributed by atoms with Crippen LogP contribution in [0, 0.1) is 0 Å². The zero-order valence-corrected chi connectivity index (χ0v) is 12.9. The molecule has 1 aromatic rings. The van der Waals surface area contributed by atoms with Crippen molar-refractivity contribution in [1.29, 1.82) is 0 Å². The molecule has 2 rings (SSSR count). The lowest BCUT2D eigenvalue weighted by Crippen LogP contribution is -2.57. The van der Waals surface area contributed by atoms with Gasteiger partial charge < -0.3 is 9.15 Å². The molecule has 1 aliphatic heterocycles. The van der Waals surface area contributed by atoms with Crippen LogP contribution in [0.2, 0.25) is 0 Å². The molecule has 116 valence electrons. The van der Waals surface area contributed by atoms with Crippen molar-refractivity contribution in [2.24, 2.45) is 0 Å². The fourth-order valence-electron chi connectivity index (χ4n) is 2.70. The van der Waals surface area contributed by atoms with E-state index in [0.29, 0.717) is 19.4 Å². The molecule has 0 radical (unpaired) electrons. The minimum atomic E-state index is -0.485. The molecule has 0 bridgehead atoms. The second-order valence-corrected chi connectivity index (χ2v) is 6.08. The molecule has 1 saturated heterocycles. The maximum Gasteiger partial charge on any atom is 0.324 e. The third-order valence-electron chi connectivity index (χ3n) is 3.73. The van der Waals surface area contributed by atoms with E-state index in [1.165, 1.54) is 0 Å². The number of carbonyl (C=O) groups excluding carboxylic acids is 2. The van der Waals surface area contributed by atoms with Gasteiger partial charge in [-0.15, -0.1) is 0 Å². The largest absolute Gasteiger partial charge is 0.469 e. The van der Waals surface area contributed by atoms with Crippen LogP contribution in [0.15, 0.2) is 22.8 Å². The number of Topliss-reactive ketones (excluding diaryl/α,β-unsaturated/α-hetero) is 1. The van der Waals surface area contributed by atoms with Gasteiger partial charge in [-0.3, -0.25) is 14.5 Å². The van der Waals surface area contributed by atoms with Crippen LogP contribution < -0.4 is 0 Å². The molecule has 0 spiro atoms. The molecular formula is C16H23NO4. The smallest absolute Gasteiger partial charge is 0.324 e. The lowest BCUT2D eigenvalue weighted by molar-refractivity contribution is -0.178. The van der Waals surface area contributed by atoms with Crippen molar-refractivity contribution in [3.8, 4) is 0 Å². The summed E-state index contributed by atoms with van der Waals surface area (Å²) in [6.07, 6.45) is 2.77. The standard InChI is InChI=1S/C16H23NO4/c1-4-17-11-16(2,3)21-15(19)14(17)10-12(18)7-8-13-6-5-9-20-13/h5-6,9,14H,4,7-8,10-11H2,1-3H3. The van der Waals surface area contributed by atoms with E-state index in [1.807, 2.05) is 31.7 Å². The number of aryl methyl sites for hydroxylation is 1. The quantitative estimate of drug-likeness (QED) is 0.753. The number of ether oxygens (including phenoxy) is 1. The fourth-order valence-corrected chi connectivity index (χ4v) is 2.70. The minimum Gasteiger partial charge on any atom is -0.469 e. The Bertz CT molecular complexity index is 492. The normalized spacial score (nSPS) is 22.0. The highest BCUT2D eigenvalue weighted by atomic mass is 16.6. The van der Waals surface area contributed by atoms with Crippen LogP contribution in [-0.2, 0) is 20.7 Å². The fraction of sp³-hybridized carbons (Fsp3) is 0.625. The number of furan rings is 1. The zero-order valence-electron chi connectivity index (χ0n) is 12.9. The van der Waals surface area contributed by atoms with Crippen molar-refractivity contribution < 1.29 is 18.7 Å². The molecule has 0 aromatic carbocycles. The lowest BCUT2D eigenvalue weighted by Gasteiger charge is -2.41. The summed E-state index contributed by atoms with van der Waals surface area (Å²) >= 11 is 0. The molecule has 0 aliphatic carbocycles. The summed E-state index contributed by atoms with van der Waals surface area (Å²) in [5.41, 5.74) is -0.485. The first kappa shape index (κ1) is 15.8. The van der Waals surface area contributed by atoms with Gasteiger partial charge in [0, 0.05) is 25.8 Å². The van der Waals surface area contributed by atoms with E-state index in [1.54, 1.807) is 12.3 Å². The summed E-state index contributed by atoms with van der Waals surface area (Å²) in [4.78, 5) is 26.2. The third-order valence-corrected chi connectivity index (χ3v) is 3.73. The van der Waals surface area contributed by atoms with Crippen molar-refractivity contribution >= 4 is 11.8 Å². The van der Waals surface area contributed by atoms with Crippen molar-refractivity contribution in [3.63, 3.8) is 0 Å². The average molecular weight is 293 g/mol. The minimum absolute atomic E-state index is 0.0616. The van der Waals surface area contributed by atoms with Crippen molar-refractivity contribution in [3.05, 3.63) is 24.2 Å². The average Bonchev–Trinajstić information content (AvgIpc) is 2.91. The summed E-state index contributed by atoms with van der Waals surface area (Å²) in [6.45, 7) is 7.17. The maximum absolute atomic E-state index is 12.1. The molecule has 1 aliphatic rings. The molecule has 5 nitrogen and oxygen atoms in total. The van der Waals surface area contributed by atoms with Gasteiger partial charge in [-0.05, 0) is 32.5 Å². The summed E-state index contributed by atoms with van der Waals surface area (Å²) < 4.78 is 10.6. The number of ketones is 1. The lowest BCUT2D eigenvalue weighted by atomic mass is 9.99. The first-order chi connectivity index (χ1) is 9.91. The number of rotatable bonds is 6. The second kappa shape index (κ2) is 6.43. The highest BCUT2D eigenvalue weighted by molar-refractivity contribution is 5.87. The Balaban J connectivity index is 1.90. The number of cyclic esters (lactones) is 1.